The smallest absolute Gasteiger partial charge is 0.324 e. The first-order valence-corrected chi connectivity index (χ1v) is 5.83. The molecule has 0 bridgehead atoms. The van der Waals surface area contributed by atoms with E-state index in [0.717, 1.165) is 24.5 Å². The Labute approximate surface area is 98.8 Å². The van der Waals surface area contributed by atoms with Gasteiger partial charge in [-0.05, 0) is 48.9 Å². The van der Waals surface area contributed by atoms with Gasteiger partial charge in [-0.1, -0.05) is 12.5 Å². The Morgan fingerprint density at radius 2 is 1.94 bits per heavy atom. The lowest BCUT2D eigenvalue weighted by Gasteiger charge is -2.32. The summed E-state index contributed by atoms with van der Waals surface area (Å²) in [5, 5.41) is 0. The molecule has 94 valence electrons. The van der Waals surface area contributed by atoms with Crippen molar-refractivity contribution in [1.29, 1.82) is 0 Å². The Balaban J connectivity index is 2.25. The van der Waals surface area contributed by atoms with E-state index in [9.17, 15) is 13.2 Å². The highest BCUT2D eigenvalue weighted by molar-refractivity contribution is 5.35. The minimum Gasteiger partial charge on any atom is -0.324 e. The molecule has 1 unspecified atom stereocenters. The zero-order valence-corrected chi connectivity index (χ0v) is 9.72. The molecule has 0 spiro atoms. The van der Waals surface area contributed by atoms with Gasteiger partial charge < -0.3 is 5.73 Å². The van der Waals surface area contributed by atoms with Crippen LogP contribution < -0.4 is 5.73 Å². The Hall–Kier alpha value is -1.03. The molecule has 0 saturated heterocycles. The van der Waals surface area contributed by atoms with Crippen LogP contribution >= 0.6 is 0 Å². The van der Waals surface area contributed by atoms with Crippen LogP contribution in [0.15, 0.2) is 18.2 Å². The summed E-state index contributed by atoms with van der Waals surface area (Å²) in [6.45, 7) is 1.70. The van der Waals surface area contributed by atoms with Crippen LogP contribution in [0, 0.1) is 12.8 Å². The Morgan fingerprint density at radius 3 is 2.35 bits per heavy atom. The van der Waals surface area contributed by atoms with E-state index in [1.54, 1.807) is 6.92 Å². The SMILES string of the molecule is Cc1cc(C(F)(F)F)ccc1C(N)C1CCC1. The first-order valence-electron chi connectivity index (χ1n) is 5.83. The van der Waals surface area contributed by atoms with Gasteiger partial charge in [0.2, 0.25) is 0 Å². The van der Waals surface area contributed by atoms with Gasteiger partial charge in [0.25, 0.3) is 0 Å². The molecule has 0 aromatic heterocycles. The molecular weight excluding hydrogens is 227 g/mol. The van der Waals surface area contributed by atoms with E-state index in [0.29, 0.717) is 11.5 Å². The molecule has 1 aromatic carbocycles. The number of hydrogen-bond donors (Lipinski definition) is 1. The number of benzene rings is 1. The molecule has 1 aliphatic rings. The van der Waals surface area contributed by atoms with Gasteiger partial charge >= 0.3 is 6.18 Å². The van der Waals surface area contributed by atoms with Crippen molar-refractivity contribution in [2.24, 2.45) is 11.7 Å². The normalized spacial score (nSPS) is 18.9. The lowest BCUT2D eigenvalue weighted by Crippen LogP contribution is -2.27. The second kappa shape index (κ2) is 4.33. The number of rotatable bonds is 2. The molecule has 2 rings (SSSR count). The number of aryl methyl sites for hydroxylation is 1. The summed E-state index contributed by atoms with van der Waals surface area (Å²) < 4.78 is 37.5. The largest absolute Gasteiger partial charge is 0.416 e. The van der Waals surface area contributed by atoms with Gasteiger partial charge in [-0.3, -0.25) is 0 Å². The lowest BCUT2D eigenvalue weighted by molar-refractivity contribution is -0.137. The third-order valence-corrected chi connectivity index (χ3v) is 3.61. The van der Waals surface area contributed by atoms with Gasteiger partial charge in [0.15, 0.2) is 0 Å². The van der Waals surface area contributed by atoms with Gasteiger partial charge in [0.1, 0.15) is 0 Å². The van der Waals surface area contributed by atoms with E-state index in [1.165, 1.54) is 18.6 Å². The molecule has 1 aliphatic carbocycles. The maximum absolute atomic E-state index is 12.5. The van der Waals surface area contributed by atoms with Crippen molar-refractivity contribution in [3.05, 3.63) is 34.9 Å². The number of hydrogen-bond acceptors (Lipinski definition) is 1. The van der Waals surface area contributed by atoms with Crippen LogP contribution in [0.1, 0.15) is 42.0 Å². The van der Waals surface area contributed by atoms with E-state index in [2.05, 4.69) is 0 Å². The zero-order chi connectivity index (χ0) is 12.6. The first-order chi connectivity index (χ1) is 7.89. The standard InChI is InChI=1S/C13H16F3N/c1-8-7-10(13(14,15)16)5-6-11(8)12(17)9-3-2-4-9/h5-7,9,12H,2-4,17H2,1H3. The molecule has 0 heterocycles. The van der Waals surface area contributed by atoms with Crippen LogP contribution in [0.3, 0.4) is 0 Å². The first kappa shape index (κ1) is 12.4. The summed E-state index contributed by atoms with van der Waals surface area (Å²) in [4.78, 5) is 0. The highest BCUT2D eigenvalue weighted by Crippen LogP contribution is 2.38. The number of halogens is 3. The van der Waals surface area contributed by atoms with Crippen LogP contribution in [-0.4, -0.2) is 0 Å². The van der Waals surface area contributed by atoms with E-state index >= 15 is 0 Å². The molecule has 0 amide bonds. The van der Waals surface area contributed by atoms with Gasteiger partial charge in [-0.2, -0.15) is 13.2 Å². The molecule has 2 N–H and O–H groups in total. The molecule has 1 aromatic rings. The van der Waals surface area contributed by atoms with Crippen LogP contribution in [0.25, 0.3) is 0 Å². The molecule has 1 atom stereocenters. The molecule has 1 saturated carbocycles. The highest BCUT2D eigenvalue weighted by Gasteiger charge is 2.32. The third kappa shape index (κ3) is 2.46. The van der Waals surface area contributed by atoms with Gasteiger partial charge in [-0.25, -0.2) is 0 Å². The molecule has 4 heteroatoms. The average molecular weight is 243 g/mol. The summed E-state index contributed by atoms with van der Waals surface area (Å²) in [6.07, 6.45) is -0.925. The quantitative estimate of drug-likeness (QED) is 0.839. The van der Waals surface area contributed by atoms with Crippen LogP contribution in [-0.2, 0) is 6.18 Å². The fourth-order valence-electron chi connectivity index (χ4n) is 2.28. The highest BCUT2D eigenvalue weighted by atomic mass is 19.4. The average Bonchev–Trinajstić information content (AvgIpc) is 2.12. The van der Waals surface area contributed by atoms with Gasteiger partial charge in [0, 0.05) is 6.04 Å². The summed E-state index contributed by atoms with van der Waals surface area (Å²) in [5.74, 6) is 0.436. The molecule has 1 nitrogen and oxygen atoms in total. The predicted octanol–water partition coefficient (Wildman–Crippen LogP) is 3.81. The Bertz CT molecular complexity index is 408. The van der Waals surface area contributed by atoms with Crippen LogP contribution in [0.5, 0.6) is 0 Å². The van der Waals surface area contributed by atoms with Crippen molar-refractivity contribution in [1.82, 2.24) is 0 Å². The van der Waals surface area contributed by atoms with E-state index in [4.69, 9.17) is 5.73 Å². The van der Waals surface area contributed by atoms with E-state index < -0.39 is 11.7 Å². The van der Waals surface area contributed by atoms with Crippen LogP contribution in [0.2, 0.25) is 0 Å². The number of alkyl halides is 3. The van der Waals surface area contributed by atoms with E-state index in [-0.39, 0.29) is 6.04 Å². The van der Waals surface area contributed by atoms with Gasteiger partial charge in [-0.15, -0.1) is 0 Å². The Kier molecular flexibility index (Phi) is 3.17. The summed E-state index contributed by atoms with van der Waals surface area (Å²) in [6, 6.07) is 3.72. The lowest BCUT2D eigenvalue weighted by atomic mass is 9.76. The topological polar surface area (TPSA) is 26.0 Å². The molecule has 1 fully saturated rings. The monoisotopic (exact) mass is 243 g/mol. The zero-order valence-electron chi connectivity index (χ0n) is 9.72. The maximum atomic E-state index is 12.5. The molecule has 0 aliphatic heterocycles. The Morgan fingerprint density at radius 1 is 1.29 bits per heavy atom. The summed E-state index contributed by atoms with van der Waals surface area (Å²) in [5.41, 5.74) is 6.97. The molecule has 17 heavy (non-hydrogen) atoms. The van der Waals surface area contributed by atoms with Crippen molar-refractivity contribution in [2.75, 3.05) is 0 Å². The fourth-order valence-corrected chi connectivity index (χ4v) is 2.28. The van der Waals surface area contributed by atoms with Crippen molar-refractivity contribution >= 4 is 0 Å². The van der Waals surface area contributed by atoms with E-state index in [1.807, 2.05) is 0 Å². The second-order valence-electron chi connectivity index (χ2n) is 4.79. The predicted molar refractivity (Wildman–Crippen MR) is 60.5 cm³/mol. The molecule has 0 radical (unpaired) electrons. The van der Waals surface area contributed by atoms with Crippen molar-refractivity contribution in [3.8, 4) is 0 Å². The fraction of sp³-hybridized carbons (Fsp3) is 0.538. The van der Waals surface area contributed by atoms with Crippen molar-refractivity contribution in [2.45, 2.75) is 38.4 Å². The van der Waals surface area contributed by atoms with Gasteiger partial charge in [0.05, 0.1) is 5.56 Å². The number of nitrogens with two attached hydrogens (primary N) is 1. The third-order valence-electron chi connectivity index (χ3n) is 3.61. The van der Waals surface area contributed by atoms with Crippen molar-refractivity contribution in [3.63, 3.8) is 0 Å². The second-order valence-corrected chi connectivity index (χ2v) is 4.79. The summed E-state index contributed by atoms with van der Waals surface area (Å²) in [7, 11) is 0. The minimum absolute atomic E-state index is 0.119. The summed E-state index contributed by atoms with van der Waals surface area (Å²) >= 11 is 0. The molecular formula is C13H16F3N. The maximum Gasteiger partial charge on any atom is 0.416 e. The minimum atomic E-state index is -4.27. The van der Waals surface area contributed by atoms with Crippen LogP contribution in [0.4, 0.5) is 13.2 Å². The van der Waals surface area contributed by atoms with Crippen molar-refractivity contribution < 1.29 is 13.2 Å².